The molecule has 3 N–H and O–H groups in total. The number of nitrogens with two attached hydrogens (primary N) is 1. The lowest BCUT2D eigenvalue weighted by Crippen LogP contribution is -2.30. The molecular weight excluding hydrogens is 394 g/mol. The molecule has 0 saturated carbocycles. The number of nitrogens with one attached hydrogen (secondary N) is 1. The molecule has 20 heavy (non-hydrogen) atoms. The summed E-state index contributed by atoms with van der Waals surface area (Å²) >= 11 is 6.70. The van der Waals surface area contributed by atoms with Crippen LogP contribution in [0.4, 0.5) is 8.78 Å². The van der Waals surface area contributed by atoms with E-state index >= 15 is 0 Å². The fourth-order valence-electron chi connectivity index (χ4n) is 2.03. The van der Waals surface area contributed by atoms with E-state index in [9.17, 15) is 8.78 Å². The highest BCUT2D eigenvalue weighted by atomic mass is 79.9. The minimum atomic E-state index is -0.774. The number of halogens is 4. The molecule has 0 aliphatic rings. The van der Waals surface area contributed by atoms with Crippen LogP contribution in [0.5, 0.6) is 0 Å². The monoisotopic (exact) mass is 404 g/mol. The number of hydrogen-bond acceptors (Lipinski definition) is 2. The van der Waals surface area contributed by atoms with Gasteiger partial charge in [-0.25, -0.2) is 14.2 Å². The van der Waals surface area contributed by atoms with E-state index in [0.29, 0.717) is 11.1 Å². The largest absolute Gasteiger partial charge is 0.271 e. The van der Waals surface area contributed by atoms with E-state index < -0.39 is 17.7 Å². The van der Waals surface area contributed by atoms with Crippen molar-refractivity contribution in [3.63, 3.8) is 0 Å². The number of aryl methyl sites for hydroxylation is 1. The van der Waals surface area contributed by atoms with Crippen LogP contribution >= 0.6 is 31.9 Å². The maximum atomic E-state index is 14.2. The molecule has 0 radical (unpaired) electrons. The summed E-state index contributed by atoms with van der Waals surface area (Å²) in [5.41, 5.74) is 3.41. The van der Waals surface area contributed by atoms with Gasteiger partial charge < -0.3 is 0 Å². The summed E-state index contributed by atoms with van der Waals surface area (Å²) in [6.07, 6.45) is 0. The Balaban J connectivity index is 2.61. The Labute approximate surface area is 132 Å². The molecule has 2 aromatic rings. The van der Waals surface area contributed by atoms with Gasteiger partial charge in [-0.3, -0.25) is 5.84 Å². The van der Waals surface area contributed by atoms with Crippen molar-refractivity contribution >= 4 is 31.9 Å². The van der Waals surface area contributed by atoms with Crippen molar-refractivity contribution in [2.24, 2.45) is 5.84 Å². The van der Waals surface area contributed by atoms with Gasteiger partial charge >= 0.3 is 0 Å². The van der Waals surface area contributed by atoms with Crippen LogP contribution in [0.3, 0.4) is 0 Å². The van der Waals surface area contributed by atoms with Crippen molar-refractivity contribution in [1.82, 2.24) is 5.43 Å². The second kappa shape index (κ2) is 6.30. The van der Waals surface area contributed by atoms with E-state index in [-0.39, 0.29) is 5.56 Å². The normalized spacial score (nSPS) is 12.5. The SMILES string of the molecule is Cc1ccc(F)c(C(NN)c2cc(Br)cc(Br)c2)c1F. The van der Waals surface area contributed by atoms with Crippen molar-refractivity contribution in [3.05, 3.63) is 67.6 Å². The minimum Gasteiger partial charge on any atom is -0.271 e. The zero-order chi connectivity index (χ0) is 14.9. The number of benzene rings is 2. The highest BCUT2D eigenvalue weighted by molar-refractivity contribution is 9.11. The van der Waals surface area contributed by atoms with Crippen LogP contribution in [-0.4, -0.2) is 0 Å². The Morgan fingerprint density at radius 1 is 1.10 bits per heavy atom. The Morgan fingerprint density at radius 3 is 2.25 bits per heavy atom. The van der Waals surface area contributed by atoms with E-state index in [1.54, 1.807) is 19.1 Å². The summed E-state index contributed by atoms with van der Waals surface area (Å²) in [6.45, 7) is 1.59. The van der Waals surface area contributed by atoms with E-state index in [1.165, 1.54) is 12.1 Å². The van der Waals surface area contributed by atoms with Gasteiger partial charge in [0.2, 0.25) is 0 Å². The first-order valence-corrected chi connectivity index (χ1v) is 7.39. The summed E-state index contributed by atoms with van der Waals surface area (Å²) in [5, 5.41) is 0. The van der Waals surface area contributed by atoms with Crippen LogP contribution in [0.25, 0.3) is 0 Å². The first-order chi connectivity index (χ1) is 9.43. The summed E-state index contributed by atoms with van der Waals surface area (Å²) in [5.74, 6) is 4.29. The molecule has 0 aromatic heterocycles. The Kier molecular flexibility index (Phi) is 4.90. The molecule has 0 heterocycles. The molecule has 1 atom stereocenters. The predicted molar refractivity (Wildman–Crippen MR) is 82.1 cm³/mol. The highest BCUT2D eigenvalue weighted by Gasteiger charge is 2.22. The predicted octanol–water partition coefficient (Wildman–Crippen LogP) is 4.35. The lowest BCUT2D eigenvalue weighted by molar-refractivity contribution is 0.506. The average molecular weight is 406 g/mol. The van der Waals surface area contributed by atoms with Crippen molar-refractivity contribution in [1.29, 1.82) is 0 Å². The summed E-state index contributed by atoms with van der Waals surface area (Å²) in [7, 11) is 0. The van der Waals surface area contributed by atoms with Gasteiger partial charge in [0.1, 0.15) is 11.6 Å². The van der Waals surface area contributed by atoms with Crippen molar-refractivity contribution in [2.75, 3.05) is 0 Å². The van der Waals surface area contributed by atoms with Crippen LogP contribution in [0.15, 0.2) is 39.3 Å². The van der Waals surface area contributed by atoms with Crippen LogP contribution in [0, 0.1) is 18.6 Å². The summed E-state index contributed by atoms with van der Waals surface area (Å²) < 4.78 is 29.8. The van der Waals surface area contributed by atoms with Crippen LogP contribution in [0.1, 0.15) is 22.7 Å². The fourth-order valence-corrected chi connectivity index (χ4v) is 3.36. The van der Waals surface area contributed by atoms with Gasteiger partial charge in [-0.1, -0.05) is 37.9 Å². The summed E-state index contributed by atoms with van der Waals surface area (Å²) in [4.78, 5) is 0. The molecule has 2 nitrogen and oxygen atoms in total. The van der Waals surface area contributed by atoms with Gasteiger partial charge in [0.05, 0.1) is 6.04 Å². The van der Waals surface area contributed by atoms with E-state index in [4.69, 9.17) is 5.84 Å². The van der Waals surface area contributed by atoms with Crippen molar-refractivity contribution in [3.8, 4) is 0 Å². The zero-order valence-corrected chi connectivity index (χ0v) is 13.7. The molecule has 0 aliphatic heterocycles. The lowest BCUT2D eigenvalue weighted by Gasteiger charge is -2.19. The second-order valence-corrected chi connectivity index (χ2v) is 6.23. The van der Waals surface area contributed by atoms with E-state index in [1.807, 2.05) is 6.07 Å². The molecule has 0 spiro atoms. The third kappa shape index (κ3) is 3.09. The average Bonchev–Trinajstić information content (AvgIpc) is 2.38. The lowest BCUT2D eigenvalue weighted by atomic mass is 9.96. The highest BCUT2D eigenvalue weighted by Crippen LogP contribution is 2.31. The van der Waals surface area contributed by atoms with E-state index in [0.717, 1.165) is 8.95 Å². The van der Waals surface area contributed by atoms with Gasteiger partial charge in [-0.15, -0.1) is 0 Å². The van der Waals surface area contributed by atoms with Crippen molar-refractivity contribution in [2.45, 2.75) is 13.0 Å². The topological polar surface area (TPSA) is 38.0 Å². The van der Waals surface area contributed by atoms with Gasteiger partial charge in [0.25, 0.3) is 0 Å². The maximum absolute atomic E-state index is 14.2. The number of rotatable bonds is 3. The molecule has 0 fully saturated rings. The molecule has 0 aliphatic carbocycles. The third-order valence-corrected chi connectivity index (χ3v) is 3.91. The quantitative estimate of drug-likeness (QED) is 0.588. The van der Waals surface area contributed by atoms with E-state index in [2.05, 4.69) is 37.3 Å². The zero-order valence-electron chi connectivity index (χ0n) is 10.6. The Bertz CT molecular complexity index is 627. The van der Waals surface area contributed by atoms with Crippen LogP contribution in [-0.2, 0) is 0 Å². The molecule has 1 unspecified atom stereocenters. The Morgan fingerprint density at radius 2 is 1.70 bits per heavy atom. The van der Waals surface area contributed by atoms with Crippen LogP contribution in [0.2, 0.25) is 0 Å². The second-order valence-electron chi connectivity index (χ2n) is 4.39. The smallest absolute Gasteiger partial charge is 0.134 e. The minimum absolute atomic E-state index is 0.0856. The first-order valence-electron chi connectivity index (χ1n) is 5.80. The summed E-state index contributed by atoms with van der Waals surface area (Å²) in [6, 6.07) is 7.22. The van der Waals surface area contributed by atoms with Crippen molar-refractivity contribution < 1.29 is 8.78 Å². The number of hydrogen-bond donors (Lipinski definition) is 2. The molecule has 0 amide bonds. The molecule has 2 aromatic carbocycles. The van der Waals surface area contributed by atoms with Gasteiger partial charge in [-0.05, 0) is 42.3 Å². The molecule has 0 saturated heterocycles. The molecule has 0 bridgehead atoms. The van der Waals surface area contributed by atoms with Gasteiger partial charge in [0, 0.05) is 14.5 Å². The molecule has 6 heteroatoms. The fraction of sp³-hybridized carbons (Fsp3) is 0.143. The van der Waals surface area contributed by atoms with Gasteiger partial charge in [0.15, 0.2) is 0 Å². The first kappa shape index (κ1) is 15.6. The van der Waals surface area contributed by atoms with Gasteiger partial charge in [-0.2, -0.15) is 0 Å². The number of hydrazine groups is 1. The molecule has 106 valence electrons. The Hall–Kier alpha value is -0.820. The molecule has 2 rings (SSSR count). The standard InChI is InChI=1S/C14H12Br2F2N2/c1-7-2-3-11(17)12(13(7)18)14(20-19)8-4-9(15)6-10(16)5-8/h2-6,14,20H,19H2,1H3. The maximum Gasteiger partial charge on any atom is 0.134 e. The third-order valence-electron chi connectivity index (χ3n) is 2.99. The molecular formula is C14H12Br2F2N2. The van der Waals surface area contributed by atoms with Crippen LogP contribution < -0.4 is 11.3 Å².